The molecule has 0 aromatic heterocycles. The third-order valence-corrected chi connectivity index (χ3v) is 5.71. The average molecular weight is 328 g/mol. The zero-order chi connectivity index (χ0) is 15.7. The van der Waals surface area contributed by atoms with Crippen molar-refractivity contribution in [3.63, 3.8) is 0 Å². The van der Waals surface area contributed by atoms with Crippen LogP contribution in [0.3, 0.4) is 0 Å². The van der Waals surface area contributed by atoms with E-state index in [2.05, 4.69) is 5.32 Å². The summed E-state index contributed by atoms with van der Waals surface area (Å²) in [5, 5.41) is 2.61. The van der Waals surface area contributed by atoms with Gasteiger partial charge in [0.25, 0.3) is 0 Å². The summed E-state index contributed by atoms with van der Waals surface area (Å²) in [6.45, 7) is 0.202. The first kappa shape index (κ1) is 16.4. The van der Waals surface area contributed by atoms with E-state index in [-0.39, 0.29) is 37.4 Å². The highest BCUT2D eigenvalue weighted by Crippen LogP contribution is 2.37. The first-order valence-corrected chi connectivity index (χ1v) is 8.82. The highest BCUT2D eigenvalue weighted by atomic mass is 32.2. The molecule has 0 aromatic carbocycles. The summed E-state index contributed by atoms with van der Waals surface area (Å²) in [6, 6.07) is -0.950. The Morgan fingerprint density at radius 1 is 1.14 bits per heavy atom. The number of halogens is 3. The molecule has 2 amide bonds. The van der Waals surface area contributed by atoms with Gasteiger partial charge in [0.15, 0.2) is 9.84 Å². The molecular weight excluding hydrogens is 309 g/mol. The minimum absolute atomic E-state index is 0.0870. The lowest BCUT2D eigenvalue weighted by atomic mass is 9.85. The Labute approximate surface area is 121 Å². The van der Waals surface area contributed by atoms with Gasteiger partial charge in [-0.25, -0.2) is 13.2 Å². The van der Waals surface area contributed by atoms with E-state index in [0.717, 1.165) is 0 Å². The van der Waals surface area contributed by atoms with E-state index >= 15 is 0 Å². The zero-order valence-corrected chi connectivity index (χ0v) is 12.3. The van der Waals surface area contributed by atoms with Crippen LogP contribution in [-0.2, 0) is 9.84 Å². The second kappa shape index (κ2) is 6.02. The molecule has 1 heterocycles. The fourth-order valence-electron chi connectivity index (χ4n) is 2.80. The van der Waals surface area contributed by atoms with Crippen LogP contribution in [-0.4, -0.2) is 56.2 Å². The Hall–Kier alpha value is -0.990. The van der Waals surface area contributed by atoms with Gasteiger partial charge < -0.3 is 10.2 Å². The summed E-state index contributed by atoms with van der Waals surface area (Å²) >= 11 is 0. The highest BCUT2D eigenvalue weighted by Gasteiger charge is 2.42. The molecule has 1 aliphatic heterocycles. The van der Waals surface area contributed by atoms with Crippen LogP contribution < -0.4 is 5.32 Å². The molecule has 9 heteroatoms. The lowest BCUT2D eigenvalue weighted by molar-refractivity contribution is -0.183. The number of urea groups is 1. The van der Waals surface area contributed by atoms with Gasteiger partial charge in [-0.05, 0) is 19.3 Å². The van der Waals surface area contributed by atoms with E-state index in [1.165, 1.54) is 4.90 Å². The predicted octanol–water partition coefficient (Wildman–Crippen LogP) is 1.55. The maximum absolute atomic E-state index is 12.7. The first-order chi connectivity index (χ1) is 9.67. The molecule has 21 heavy (non-hydrogen) atoms. The summed E-state index contributed by atoms with van der Waals surface area (Å²) in [6.07, 6.45) is -3.24. The molecule has 2 rings (SSSR count). The quantitative estimate of drug-likeness (QED) is 0.794. The van der Waals surface area contributed by atoms with Gasteiger partial charge in [-0.15, -0.1) is 0 Å². The van der Waals surface area contributed by atoms with Crippen LogP contribution in [0.5, 0.6) is 0 Å². The molecule has 2 aliphatic rings. The minimum atomic E-state index is -4.22. The number of nitrogens with zero attached hydrogens (tertiary/aromatic N) is 1. The van der Waals surface area contributed by atoms with Crippen LogP contribution in [0.1, 0.15) is 25.7 Å². The summed E-state index contributed by atoms with van der Waals surface area (Å²) in [5.41, 5.74) is 0. The van der Waals surface area contributed by atoms with Gasteiger partial charge in [0, 0.05) is 19.1 Å². The predicted molar refractivity (Wildman–Crippen MR) is 70.6 cm³/mol. The normalized spacial score (nSPS) is 30.0. The fourth-order valence-corrected chi connectivity index (χ4v) is 4.00. The molecule has 0 radical (unpaired) electrons. The van der Waals surface area contributed by atoms with E-state index in [9.17, 15) is 26.4 Å². The molecule has 1 N–H and O–H groups in total. The molecule has 1 aliphatic carbocycles. The van der Waals surface area contributed by atoms with Crippen LogP contribution in [0.15, 0.2) is 0 Å². The molecule has 2 fully saturated rings. The minimum Gasteiger partial charge on any atom is -0.335 e. The van der Waals surface area contributed by atoms with Gasteiger partial charge in [0.1, 0.15) is 0 Å². The topological polar surface area (TPSA) is 66.5 Å². The van der Waals surface area contributed by atoms with Crippen molar-refractivity contribution in [3.05, 3.63) is 0 Å². The van der Waals surface area contributed by atoms with Crippen molar-refractivity contribution in [1.29, 1.82) is 0 Å². The third kappa shape index (κ3) is 4.49. The monoisotopic (exact) mass is 328 g/mol. The fraction of sp³-hybridized carbons (Fsp3) is 0.917. The Kier molecular flexibility index (Phi) is 4.69. The van der Waals surface area contributed by atoms with E-state index < -0.39 is 34.0 Å². The van der Waals surface area contributed by atoms with Crippen molar-refractivity contribution in [2.24, 2.45) is 5.92 Å². The van der Waals surface area contributed by atoms with Gasteiger partial charge in [-0.2, -0.15) is 13.2 Å². The number of sulfone groups is 1. The standard InChI is InChI=1S/C12H19F3N2O3S/c13-12(14,15)9-2-1-3-10(8-9)16-11(18)17-4-6-21(19,20)7-5-17/h9-10H,1-8H2,(H,16,18)/t9-,10-/m1/s1. The van der Waals surface area contributed by atoms with Gasteiger partial charge >= 0.3 is 12.2 Å². The zero-order valence-electron chi connectivity index (χ0n) is 11.5. The molecule has 0 aromatic rings. The van der Waals surface area contributed by atoms with E-state index in [1.807, 2.05) is 0 Å². The number of amides is 2. The molecule has 0 unspecified atom stereocenters. The second-order valence-electron chi connectivity index (χ2n) is 5.69. The molecule has 1 saturated heterocycles. The second-order valence-corrected chi connectivity index (χ2v) is 7.99. The van der Waals surface area contributed by atoms with Gasteiger partial charge in [0.2, 0.25) is 0 Å². The van der Waals surface area contributed by atoms with Gasteiger partial charge in [-0.1, -0.05) is 6.42 Å². The smallest absolute Gasteiger partial charge is 0.335 e. The molecule has 122 valence electrons. The molecule has 2 atom stereocenters. The summed E-state index contributed by atoms with van der Waals surface area (Å²) in [7, 11) is -3.08. The van der Waals surface area contributed by atoms with Crippen molar-refractivity contribution < 1.29 is 26.4 Å². The lowest BCUT2D eigenvalue weighted by Gasteiger charge is -2.33. The van der Waals surface area contributed by atoms with Gasteiger partial charge in [0.05, 0.1) is 17.4 Å². The summed E-state index contributed by atoms with van der Waals surface area (Å²) < 4.78 is 60.7. The molecular formula is C12H19F3N2O3S. The number of rotatable bonds is 1. The van der Waals surface area contributed by atoms with Crippen LogP contribution in [0, 0.1) is 5.92 Å². The molecule has 1 saturated carbocycles. The number of hydrogen-bond acceptors (Lipinski definition) is 3. The molecule has 0 spiro atoms. The Bertz CT molecular complexity index is 478. The Morgan fingerprint density at radius 3 is 2.33 bits per heavy atom. The maximum atomic E-state index is 12.7. The number of hydrogen-bond donors (Lipinski definition) is 1. The van der Waals surface area contributed by atoms with E-state index in [1.54, 1.807) is 0 Å². The SMILES string of the molecule is O=C(N[C@@H]1CCC[C@@H](C(F)(F)F)C1)N1CCS(=O)(=O)CC1. The molecule has 0 bridgehead atoms. The largest absolute Gasteiger partial charge is 0.391 e. The number of nitrogens with one attached hydrogen (secondary N) is 1. The van der Waals surface area contributed by atoms with Crippen LogP contribution in [0.2, 0.25) is 0 Å². The van der Waals surface area contributed by atoms with Crippen molar-refractivity contribution in [2.45, 2.75) is 37.9 Å². The lowest BCUT2D eigenvalue weighted by Crippen LogP contribution is -2.51. The summed E-state index contributed by atoms with van der Waals surface area (Å²) in [4.78, 5) is 13.3. The molecule has 5 nitrogen and oxygen atoms in total. The third-order valence-electron chi connectivity index (χ3n) is 4.10. The van der Waals surface area contributed by atoms with Crippen molar-refractivity contribution >= 4 is 15.9 Å². The first-order valence-electron chi connectivity index (χ1n) is 7.00. The number of alkyl halides is 3. The highest BCUT2D eigenvalue weighted by molar-refractivity contribution is 7.91. The van der Waals surface area contributed by atoms with Crippen LogP contribution in [0.4, 0.5) is 18.0 Å². The Morgan fingerprint density at radius 2 is 1.76 bits per heavy atom. The maximum Gasteiger partial charge on any atom is 0.391 e. The Balaban J connectivity index is 1.85. The van der Waals surface area contributed by atoms with Crippen molar-refractivity contribution in [3.8, 4) is 0 Å². The number of carbonyl (C=O) groups excluding carboxylic acids is 1. The van der Waals surface area contributed by atoms with Crippen LogP contribution in [0.25, 0.3) is 0 Å². The van der Waals surface area contributed by atoms with Crippen molar-refractivity contribution in [1.82, 2.24) is 10.2 Å². The number of carbonyl (C=O) groups is 1. The van der Waals surface area contributed by atoms with Crippen LogP contribution >= 0.6 is 0 Å². The van der Waals surface area contributed by atoms with Crippen molar-refractivity contribution in [2.75, 3.05) is 24.6 Å². The average Bonchev–Trinajstić information content (AvgIpc) is 2.37. The van der Waals surface area contributed by atoms with E-state index in [4.69, 9.17) is 0 Å². The van der Waals surface area contributed by atoms with Gasteiger partial charge in [-0.3, -0.25) is 0 Å². The van der Waals surface area contributed by atoms with E-state index in [0.29, 0.717) is 12.8 Å². The summed E-state index contributed by atoms with van der Waals surface area (Å²) in [5.74, 6) is -1.54.